The molecule has 1 aromatic heterocycles. The summed E-state index contributed by atoms with van der Waals surface area (Å²) in [7, 11) is 1.84. The highest BCUT2D eigenvalue weighted by molar-refractivity contribution is 6.32. The predicted octanol–water partition coefficient (Wildman–Crippen LogP) is 4.48. The van der Waals surface area contributed by atoms with Crippen LogP contribution in [0.3, 0.4) is 0 Å². The highest BCUT2D eigenvalue weighted by Crippen LogP contribution is 2.34. The number of aryl methyl sites for hydroxylation is 2. The van der Waals surface area contributed by atoms with E-state index < -0.39 is 5.41 Å². The first-order valence-electron chi connectivity index (χ1n) is 6.49. The Morgan fingerprint density at radius 1 is 1.19 bits per heavy atom. The van der Waals surface area contributed by atoms with Crippen LogP contribution in [0, 0.1) is 12.7 Å². The summed E-state index contributed by atoms with van der Waals surface area (Å²) in [6, 6.07) is 6.27. The van der Waals surface area contributed by atoms with Gasteiger partial charge in [0.1, 0.15) is 5.82 Å². The Kier molecular flexibility index (Phi) is 5.18. The van der Waals surface area contributed by atoms with E-state index in [1.165, 1.54) is 12.1 Å². The maximum absolute atomic E-state index is 13.1. The molecule has 114 valence electrons. The molecule has 0 radical (unpaired) electrons. The lowest BCUT2D eigenvalue weighted by molar-refractivity contribution is 0.509. The number of hydrogen-bond donors (Lipinski definition) is 0. The molecule has 0 amide bonds. The van der Waals surface area contributed by atoms with Crippen LogP contribution in [0.1, 0.15) is 17.0 Å². The monoisotopic (exact) mass is 348 g/mol. The fourth-order valence-corrected chi connectivity index (χ4v) is 3.39. The van der Waals surface area contributed by atoms with Crippen LogP contribution in [0.25, 0.3) is 0 Å². The molecule has 0 saturated carbocycles. The fourth-order valence-electron chi connectivity index (χ4n) is 2.38. The van der Waals surface area contributed by atoms with Crippen LogP contribution in [-0.4, -0.2) is 21.5 Å². The van der Waals surface area contributed by atoms with Crippen molar-refractivity contribution in [1.29, 1.82) is 0 Å². The van der Waals surface area contributed by atoms with Gasteiger partial charge in [0.2, 0.25) is 0 Å². The number of rotatable bonds is 5. The topological polar surface area (TPSA) is 17.8 Å². The third kappa shape index (κ3) is 3.20. The van der Waals surface area contributed by atoms with Gasteiger partial charge in [0.05, 0.1) is 16.4 Å². The number of benzene rings is 1. The Balaban J connectivity index is 2.45. The number of alkyl halides is 2. The Morgan fingerprint density at radius 3 is 2.19 bits per heavy atom. The lowest BCUT2D eigenvalue weighted by Gasteiger charge is -2.30. The number of hydrogen-bond acceptors (Lipinski definition) is 1. The Morgan fingerprint density at radius 2 is 1.76 bits per heavy atom. The van der Waals surface area contributed by atoms with Crippen LogP contribution in [-0.2, 0) is 18.9 Å². The van der Waals surface area contributed by atoms with Crippen LogP contribution in [0.5, 0.6) is 0 Å². The maximum Gasteiger partial charge on any atom is 0.123 e. The SMILES string of the molecule is Cc1nn(C)c(CC(CCl)(CCl)c2ccc(F)cc2)c1Cl. The van der Waals surface area contributed by atoms with E-state index in [4.69, 9.17) is 34.8 Å². The van der Waals surface area contributed by atoms with Crippen molar-refractivity contribution in [2.24, 2.45) is 7.05 Å². The molecule has 2 nitrogen and oxygen atoms in total. The van der Waals surface area contributed by atoms with Crippen molar-refractivity contribution in [2.45, 2.75) is 18.8 Å². The predicted molar refractivity (Wildman–Crippen MR) is 86.2 cm³/mol. The van der Waals surface area contributed by atoms with Crippen molar-refractivity contribution in [3.63, 3.8) is 0 Å². The molecule has 0 spiro atoms. The van der Waals surface area contributed by atoms with Gasteiger partial charge in [0.15, 0.2) is 0 Å². The van der Waals surface area contributed by atoms with E-state index in [2.05, 4.69) is 5.10 Å². The molecule has 0 unspecified atom stereocenters. The van der Waals surface area contributed by atoms with Gasteiger partial charge in [-0.05, 0) is 24.6 Å². The van der Waals surface area contributed by atoms with Crippen LogP contribution in [0.15, 0.2) is 24.3 Å². The van der Waals surface area contributed by atoms with Crippen molar-refractivity contribution in [3.05, 3.63) is 52.1 Å². The van der Waals surface area contributed by atoms with Crippen molar-refractivity contribution < 1.29 is 4.39 Å². The molecule has 21 heavy (non-hydrogen) atoms. The lowest BCUT2D eigenvalue weighted by atomic mass is 9.80. The number of aromatic nitrogens is 2. The van der Waals surface area contributed by atoms with Gasteiger partial charge in [-0.1, -0.05) is 23.7 Å². The second-order valence-corrected chi connectivity index (χ2v) is 6.11. The Bertz CT molecular complexity index is 619. The van der Waals surface area contributed by atoms with Gasteiger partial charge in [0, 0.05) is 30.6 Å². The molecule has 2 rings (SSSR count). The fraction of sp³-hybridized carbons (Fsp3) is 0.400. The molecular formula is C15H16Cl3FN2. The molecule has 0 bridgehead atoms. The van der Waals surface area contributed by atoms with Gasteiger partial charge in [-0.15, -0.1) is 23.2 Å². The Hall–Kier alpha value is -0.770. The van der Waals surface area contributed by atoms with Crippen molar-refractivity contribution >= 4 is 34.8 Å². The first-order valence-corrected chi connectivity index (χ1v) is 7.94. The third-order valence-electron chi connectivity index (χ3n) is 3.74. The van der Waals surface area contributed by atoms with Crippen LogP contribution < -0.4 is 0 Å². The second kappa shape index (κ2) is 6.55. The average Bonchev–Trinajstić information content (AvgIpc) is 2.72. The normalized spacial score (nSPS) is 11.9. The Labute approximate surface area is 138 Å². The van der Waals surface area contributed by atoms with Crippen LogP contribution in [0.4, 0.5) is 4.39 Å². The van der Waals surface area contributed by atoms with E-state index in [1.54, 1.807) is 16.8 Å². The molecule has 0 saturated heterocycles. The maximum atomic E-state index is 13.1. The molecule has 0 aliphatic carbocycles. The summed E-state index contributed by atoms with van der Waals surface area (Å²) in [5.74, 6) is 0.331. The molecule has 6 heteroatoms. The minimum absolute atomic E-state index is 0.286. The van der Waals surface area contributed by atoms with E-state index in [-0.39, 0.29) is 5.82 Å². The molecule has 0 aliphatic rings. The largest absolute Gasteiger partial charge is 0.271 e. The van der Waals surface area contributed by atoms with E-state index in [0.717, 1.165) is 17.0 Å². The first-order chi connectivity index (χ1) is 9.93. The molecule has 0 aliphatic heterocycles. The van der Waals surface area contributed by atoms with E-state index >= 15 is 0 Å². The van der Waals surface area contributed by atoms with E-state index in [1.807, 2.05) is 14.0 Å². The molecular weight excluding hydrogens is 334 g/mol. The number of halogens is 4. The van der Waals surface area contributed by atoms with Gasteiger partial charge in [0.25, 0.3) is 0 Å². The number of nitrogens with zero attached hydrogens (tertiary/aromatic N) is 2. The zero-order valence-corrected chi connectivity index (χ0v) is 14.1. The standard InChI is InChI=1S/C15H16Cl3FN2/c1-10-14(18)13(21(2)20-10)7-15(8-16,9-17)11-3-5-12(19)6-4-11/h3-6H,7-9H2,1-2H3. The van der Waals surface area contributed by atoms with Gasteiger partial charge >= 0.3 is 0 Å². The summed E-state index contributed by atoms with van der Waals surface area (Å²) in [4.78, 5) is 0. The summed E-state index contributed by atoms with van der Waals surface area (Å²) >= 11 is 18.7. The van der Waals surface area contributed by atoms with Gasteiger partial charge in [-0.3, -0.25) is 4.68 Å². The summed E-state index contributed by atoms with van der Waals surface area (Å²) in [6.07, 6.45) is 0.543. The highest BCUT2D eigenvalue weighted by atomic mass is 35.5. The van der Waals surface area contributed by atoms with Gasteiger partial charge < -0.3 is 0 Å². The summed E-state index contributed by atoms with van der Waals surface area (Å²) < 4.78 is 14.9. The zero-order chi connectivity index (χ0) is 15.6. The quantitative estimate of drug-likeness (QED) is 0.728. The molecule has 0 fully saturated rings. The highest BCUT2D eigenvalue weighted by Gasteiger charge is 2.33. The van der Waals surface area contributed by atoms with Gasteiger partial charge in [-0.2, -0.15) is 5.10 Å². The van der Waals surface area contributed by atoms with Crippen molar-refractivity contribution in [2.75, 3.05) is 11.8 Å². The molecule has 0 atom stereocenters. The van der Waals surface area contributed by atoms with E-state index in [0.29, 0.717) is 23.2 Å². The molecule has 1 aromatic carbocycles. The minimum Gasteiger partial charge on any atom is -0.271 e. The zero-order valence-electron chi connectivity index (χ0n) is 11.8. The average molecular weight is 350 g/mol. The second-order valence-electron chi connectivity index (χ2n) is 5.20. The van der Waals surface area contributed by atoms with Crippen molar-refractivity contribution in [1.82, 2.24) is 9.78 Å². The smallest absolute Gasteiger partial charge is 0.123 e. The molecule has 0 N–H and O–H groups in total. The summed E-state index contributed by atoms with van der Waals surface area (Å²) in [5.41, 5.74) is 2.02. The summed E-state index contributed by atoms with van der Waals surface area (Å²) in [5, 5.41) is 4.93. The van der Waals surface area contributed by atoms with Gasteiger partial charge in [-0.25, -0.2) is 4.39 Å². The molecule has 2 aromatic rings. The van der Waals surface area contributed by atoms with Crippen molar-refractivity contribution in [3.8, 4) is 0 Å². The third-order valence-corrected chi connectivity index (χ3v) is 5.25. The van der Waals surface area contributed by atoms with Crippen LogP contribution >= 0.6 is 34.8 Å². The first kappa shape index (κ1) is 16.6. The van der Waals surface area contributed by atoms with E-state index in [9.17, 15) is 4.39 Å². The minimum atomic E-state index is -0.513. The lowest BCUT2D eigenvalue weighted by Crippen LogP contribution is -2.34. The molecule has 1 heterocycles. The summed E-state index contributed by atoms with van der Waals surface area (Å²) in [6.45, 7) is 1.85. The van der Waals surface area contributed by atoms with Crippen LogP contribution in [0.2, 0.25) is 5.02 Å².